The van der Waals surface area contributed by atoms with Gasteiger partial charge in [-0.05, 0) is 48.8 Å². The molecule has 2 aliphatic carbocycles. The van der Waals surface area contributed by atoms with Crippen molar-refractivity contribution in [2.45, 2.75) is 30.6 Å². The predicted octanol–water partition coefficient (Wildman–Crippen LogP) is 1.04. The van der Waals surface area contributed by atoms with Crippen molar-refractivity contribution in [1.82, 2.24) is 5.32 Å². The highest BCUT2D eigenvalue weighted by molar-refractivity contribution is 7.89. The number of sulfonamides is 1. The number of carbonyl (C=O) groups excluding carboxylic acids is 1. The van der Waals surface area contributed by atoms with Gasteiger partial charge in [-0.2, -0.15) is 0 Å². The minimum atomic E-state index is -3.64. The van der Waals surface area contributed by atoms with Crippen LogP contribution >= 0.6 is 0 Å². The van der Waals surface area contributed by atoms with Crippen molar-refractivity contribution in [3.8, 4) is 0 Å². The standard InChI is InChI=1S/C15H20N2O3S/c16-21(19,20)11-6-4-10(5-7-11)8-9-17-15(18)14-12-2-1-3-13(12)14/h4-7,12-14H,1-3,8-9H2,(H,17,18)(H2,16,19,20). The number of hydrogen-bond donors (Lipinski definition) is 2. The molecular formula is C15H20N2O3S. The maximum atomic E-state index is 12.0. The molecule has 2 saturated carbocycles. The van der Waals surface area contributed by atoms with Crippen LogP contribution in [0.1, 0.15) is 24.8 Å². The summed E-state index contributed by atoms with van der Waals surface area (Å²) in [5.41, 5.74) is 0.985. The van der Waals surface area contributed by atoms with Crippen LogP contribution in [0.4, 0.5) is 0 Å². The van der Waals surface area contributed by atoms with Crippen molar-refractivity contribution in [2.75, 3.05) is 6.54 Å². The van der Waals surface area contributed by atoms with Gasteiger partial charge in [0, 0.05) is 12.5 Å². The summed E-state index contributed by atoms with van der Waals surface area (Å²) in [6, 6.07) is 6.46. The van der Waals surface area contributed by atoms with Crippen molar-refractivity contribution in [3.05, 3.63) is 29.8 Å². The van der Waals surface area contributed by atoms with Gasteiger partial charge in [0.15, 0.2) is 0 Å². The molecule has 3 rings (SSSR count). The Morgan fingerprint density at radius 1 is 1.19 bits per heavy atom. The van der Waals surface area contributed by atoms with Crippen molar-refractivity contribution >= 4 is 15.9 Å². The fourth-order valence-corrected chi connectivity index (χ4v) is 4.02. The predicted molar refractivity (Wildman–Crippen MR) is 78.8 cm³/mol. The SMILES string of the molecule is NS(=O)(=O)c1ccc(CCNC(=O)C2C3CCCC32)cc1. The lowest BCUT2D eigenvalue weighted by Crippen LogP contribution is -2.28. The minimum absolute atomic E-state index is 0.112. The molecule has 0 heterocycles. The lowest BCUT2D eigenvalue weighted by molar-refractivity contribution is -0.123. The van der Waals surface area contributed by atoms with Gasteiger partial charge in [-0.15, -0.1) is 0 Å². The Kier molecular flexibility index (Phi) is 3.75. The molecule has 2 atom stereocenters. The molecular weight excluding hydrogens is 288 g/mol. The fourth-order valence-electron chi connectivity index (χ4n) is 3.50. The van der Waals surface area contributed by atoms with Crippen LogP contribution < -0.4 is 10.5 Å². The second-order valence-corrected chi connectivity index (χ2v) is 7.58. The number of carbonyl (C=O) groups is 1. The fraction of sp³-hybridized carbons (Fsp3) is 0.533. The summed E-state index contributed by atoms with van der Waals surface area (Å²) in [5, 5.41) is 8.03. The van der Waals surface area contributed by atoms with Gasteiger partial charge >= 0.3 is 0 Å². The quantitative estimate of drug-likeness (QED) is 0.851. The first kappa shape index (κ1) is 14.5. The number of hydrogen-bond acceptors (Lipinski definition) is 3. The van der Waals surface area contributed by atoms with Crippen molar-refractivity contribution < 1.29 is 13.2 Å². The third kappa shape index (κ3) is 3.11. The lowest BCUT2D eigenvalue weighted by atomic mass is 10.1. The van der Waals surface area contributed by atoms with Crippen molar-refractivity contribution in [1.29, 1.82) is 0 Å². The molecule has 0 saturated heterocycles. The number of benzene rings is 1. The van der Waals surface area contributed by atoms with E-state index in [0.717, 1.165) is 5.56 Å². The van der Waals surface area contributed by atoms with Crippen LogP contribution in [0.5, 0.6) is 0 Å². The van der Waals surface area contributed by atoms with Gasteiger partial charge in [0.1, 0.15) is 0 Å². The summed E-state index contributed by atoms with van der Waals surface area (Å²) in [5.74, 6) is 1.72. The largest absolute Gasteiger partial charge is 0.356 e. The first-order chi connectivity index (χ1) is 9.97. The summed E-state index contributed by atoms with van der Waals surface area (Å²) in [6.07, 6.45) is 4.38. The van der Waals surface area contributed by atoms with E-state index >= 15 is 0 Å². The Hall–Kier alpha value is -1.40. The molecule has 0 radical (unpaired) electrons. The van der Waals surface area contributed by atoms with Crippen LogP contribution in [0.3, 0.4) is 0 Å². The molecule has 2 aliphatic rings. The van der Waals surface area contributed by atoms with Gasteiger partial charge in [-0.3, -0.25) is 4.79 Å². The van der Waals surface area contributed by atoms with E-state index in [1.54, 1.807) is 12.1 Å². The molecule has 0 bridgehead atoms. The number of fused-ring (bicyclic) bond motifs is 1. The van der Waals surface area contributed by atoms with E-state index in [0.29, 0.717) is 24.8 Å². The van der Waals surface area contributed by atoms with E-state index in [1.807, 2.05) is 0 Å². The Bertz CT molecular complexity index is 629. The molecule has 6 heteroatoms. The third-order valence-corrected chi connectivity index (χ3v) is 5.60. The topological polar surface area (TPSA) is 89.3 Å². The molecule has 1 aromatic rings. The van der Waals surface area contributed by atoms with Gasteiger partial charge < -0.3 is 5.32 Å². The van der Waals surface area contributed by atoms with Crippen LogP contribution in [0.15, 0.2) is 29.2 Å². The van der Waals surface area contributed by atoms with Gasteiger partial charge in [0.2, 0.25) is 15.9 Å². The van der Waals surface area contributed by atoms with Gasteiger partial charge in [0.25, 0.3) is 0 Å². The molecule has 1 amide bonds. The Morgan fingerprint density at radius 2 is 1.81 bits per heavy atom. The van der Waals surface area contributed by atoms with Crippen LogP contribution in [0.2, 0.25) is 0 Å². The lowest BCUT2D eigenvalue weighted by Gasteiger charge is -2.07. The molecule has 0 aromatic heterocycles. The first-order valence-corrected chi connectivity index (χ1v) is 8.91. The molecule has 0 spiro atoms. The molecule has 3 N–H and O–H groups in total. The second-order valence-electron chi connectivity index (χ2n) is 6.01. The van der Waals surface area contributed by atoms with E-state index in [4.69, 9.17) is 5.14 Å². The number of nitrogens with one attached hydrogen (secondary N) is 1. The van der Waals surface area contributed by atoms with Crippen molar-refractivity contribution in [2.24, 2.45) is 22.9 Å². The monoisotopic (exact) mass is 308 g/mol. The second kappa shape index (κ2) is 5.42. The molecule has 5 nitrogen and oxygen atoms in total. The molecule has 2 unspecified atom stereocenters. The number of rotatable bonds is 5. The summed E-state index contributed by atoms with van der Waals surface area (Å²) in [4.78, 5) is 12.1. The summed E-state index contributed by atoms with van der Waals surface area (Å²) >= 11 is 0. The third-order valence-electron chi connectivity index (χ3n) is 4.67. The maximum Gasteiger partial charge on any atom is 0.238 e. The van der Waals surface area contributed by atoms with E-state index < -0.39 is 10.0 Å². The van der Waals surface area contributed by atoms with E-state index in [2.05, 4.69) is 5.32 Å². The van der Waals surface area contributed by atoms with Crippen LogP contribution in [0.25, 0.3) is 0 Å². The van der Waals surface area contributed by atoms with Crippen molar-refractivity contribution in [3.63, 3.8) is 0 Å². The highest BCUT2D eigenvalue weighted by atomic mass is 32.2. The molecule has 114 valence electrons. The van der Waals surface area contributed by atoms with E-state index in [9.17, 15) is 13.2 Å². The average Bonchev–Trinajstić information content (AvgIpc) is 2.92. The zero-order valence-electron chi connectivity index (χ0n) is 11.8. The molecule has 1 aromatic carbocycles. The first-order valence-electron chi connectivity index (χ1n) is 7.36. The van der Waals surface area contributed by atoms with Gasteiger partial charge in [-0.25, -0.2) is 13.6 Å². The van der Waals surface area contributed by atoms with E-state index in [1.165, 1.54) is 31.4 Å². The maximum absolute atomic E-state index is 12.0. The zero-order valence-corrected chi connectivity index (χ0v) is 12.6. The Morgan fingerprint density at radius 3 is 2.38 bits per heavy atom. The molecule has 0 aliphatic heterocycles. The normalized spacial score (nSPS) is 27.2. The smallest absolute Gasteiger partial charge is 0.238 e. The van der Waals surface area contributed by atoms with Gasteiger partial charge in [0.05, 0.1) is 4.90 Å². The van der Waals surface area contributed by atoms with Gasteiger partial charge in [-0.1, -0.05) is 18.6 Å². The molecule has 21 heavy (non-hydrogen) atoms. The Balaban J connectivity index is 1.46. The summed E-state index contributed by atoms with van der Waals surface area (Å²) in [7, 11) is -3.64. The van der Waals surface area contributed by atoms with Crippen LogP contribution in [-0.2, 0) is 21.2 Å². The number of nitrogens with two attached hydrogens (primary N) is 1. The zero-order chi connectivity index (χ0) is 15.0. The average molecular weight is 308 g/mol. The number of amides is 1. The molecule has 2 fully saturated rings. The highest BCUT2D eigenvalue weighted by Gasteiger charge is 2.56. The minimum Gasteiger partial charge on any atom is -0.356 e. The number of primary sulfonamides is 1. The van der Waals surface area contributed by atoms with Crippen LogP contribution in [-0.4, -0.2) is 20.9 Å². The highest BCUT2D eigenvalue weighted by Crippen LogP contribution is 2.57. The van der Waals surface area contributed by atoms with Crippen LogP contribution in [0, 0.1) is 17.8 Å². The summed E-state index contributed by atoms with van der Waals surface area (Å²) < 4.78 is 22.3. The summed E-state index contributed by atoms with van der Waals surface area (Å²) in [6.45, 7) is 0.587. The Labute approximate surface area is 125 Å². The van der Waals surface area contributed by atoms with E-state index in [-0.39, 0.29) is 16.7 Å².